The molecule has 16 heavy (non-hydrogen) atoms. The Morgan fingerprint density at radius 2 is 2.12 bits per heavy atom. The lowest BCUT2D eigenvalue weighted by molar-refractivity contribution is 0.587. The van der Waals surface area contributed by atoms with E-state index in [1.54, 1.807) is 24.0 Å². The molecule has 0 saturated heterocycles. The molecule has 0 fully saturated rings. The Morgan fingerprint density at radius 1 is 1.38 bits per heavy atom. The van der Waals surface area contributed by atoms with Crippen molar-refractivity contribution in [3.63, 3.8) is 0 Å². The molecule has 2 rings (SSSR count). The van der Waals surface area contributed by atoms with Gasteiger partial charge in [-0.15, -0.1) is 0 Å². The van der Waals surface area contributed by atoms with Crippen molar-refractivity contribution >= 4 is 17.2 Å². The van der Waals surface area contributed by atoms with Crippen molar-refractivity contribution < 1.29 is 8.78 Å². The van der Waals surface area contributed by atoms with Crippen LogP contribution in [0.5, 0.6) is 0 Å². The molecule has 0 bridgehead atoms. The molecule has 0 aliphatic carbocycles. The fraction of sp³-hybridized carbons (Fsp3) is 0.100. The SMILES string of the molecule is Cn1ccc(Nc2cc(F)cc(F)c2N)n1. The Kier molecular flexibility index (Phi) is 2.47. The number of nitrogens with zero attached hydrogens (tertiary/aromatic N) is 2. The van der Waals surface area contributed by atoms with Gasteiger partial charge in [0.2, 0.25) is 0 Å². The maximum atomic E-state index is 13.1. The van der Waals surface area contributed by atoms with Gasteiger partial charge in [-0.25, -0.2) is 8.78 Å². The number of aryl methyl sites for hydroxylation is 1. The first-order valence-corrected chi connectivity index (χ1v) is 4.57. The van der Waals surface area contributed by atoms with E-state index in [0.717, 1.165) is 12.1 Å². The molecule has 0 aliphatic rings. The number of benzene rings is 1. The average molecular weight is 224 g/mol. The Morgan fingerprint density at radius 3 is 2.75 bits per heavy atom. The smallest absolute Gasteiger partial charge is 0.152 e. The fourth-order valence-corrected chi connectivity index (χ4v) is 1.31. The van der Waals surface area contributed by atoms with Gasteiger partial charge in [0.05, 0.1) is 11.4 Å². The number of nitrogens with one attached hydrogen (secondary N) is 1. The summed E-state index contributed by atoms with van der Waals surface area (Å²) < 4.78 is 27.6. The lowest BCUT2D eigenvalue weighted by Crippen LogP contribution is -2.01. The van der Waals surface area contributed by atoms with E-state index in [4.69, 9.17) is 5.73 Å². The van der Waals surface area contributed by atoms with Gasteiger partial charge >= 0.3 is 0 Å². The van der Waals surface area contributed by atoms with Gasteiger partial charge in [-0.1, -0.05) is 0 Å². The van der Waals surface area contributed by atoms with Crippen LogP contribution in [0.2, 0.25) is 0 Å². The highest BCUT2D eigenvalue weighted by atomic mass is 19.1. The first-order valence-electron chi connectivity index (χ1n) is 4.57. The number of nitrogens with two attached hydrogens (primary N) is 1. The molecule has 6 heteroatoms. The topological polar surface area (TPSA) is 55.9 Å². The van der Waals surface area contributed by atoms with Gasteiger partial charge in [0.1, 0.15) is 5.82 Å². The number of hydrogen-bond donors (Lipinski definition) is 2. The third-order valence-electron chi connectivity index (χ3n) is 2.07. The Labute approximate surface area is 90.7 Å². The standard InChI is InChI=1S/C10H10F2N4/c1-16-3-2-9(15-16)14-8-5-6(11)4-7(12)10(8)13/h2-5H,13H2,1H3,(H,14,15). The van der Waals surface area contributed by atoms with Crippen LogP contribution in [0.3, 0.4) is 0 Å². The van der Waals surface area contributed by atoms with E-state index in [9.17, 15) is 8.78 Å². The van der Waals surface area contributed by atoms with E-state index < -0.39 is 11.6 Å². The lowest BCUT2D eigenvalue weighted by atomic mass is 10.2. The third kappa shape index (κ3) is 1.95. The van der Waals surface area contributed by atoms with Gasteiger partial charge < -0.3 is 11.1 Å². The van der Waals surface area contributed by atoms with Crippen molar-refractivity contribution in [2.75, 3.05) is 11.1 Å². The Hall–Kier alpha value is -2.11. The number of hydrogen-bond acceptors (Lipinski definition) is 3. The van der Waals surface area contributed by atoms with Crippen LogP contribution in [0.1, 0.15) is 0 Å². The molecular weight excluding hydrogens is 214 g/mol. The molecule has 0 unspecified atom stereocenters. The van der Waals surface area contributed by atoms with E-state index in [1.165, 1.54) is 0 Å². The summed E-state index contributed by atoms with van der Waals surface area (Å²) in [6.45, 7) is 0. The van der Waals surface area contributed by atoms with Crippen LogP contribution < -0.4 is 11.1 Å². The van der Waals surface area contributed by atoms with Gasteiger partial charge in [-0.05, 0) is 6.07 Å². The van der Waals surface area contributed by atoms with Gasteiger partial charge in [0.25, 0.3) is 0 Å². The molecule has 2 aromatic rings. The largest absolute Gasteiger partial charge is 0.395 e. The summed E-state index contributed by atoms with van der Waals surface area (Å²) in [6, 6.07) is 3.52. The maximum Gasteiger partial charge on any atom is 0.152 e. The second-order valence-corrected chi connectivity index (χ2v) is 3.35. The predicted molar refractivity (Wildman–Crippen MR) is 57.3 cm³/mol. The van der Waals surface area contributed by atoms with Crippen LogP contribution in [-0.4, -0.2) is 9.78 Å². The molecule has 0 spiro atoms. The van der Waals surface area contributed by atoms with E-state index >= 15 is 0 Å². The zero-order chi connectivity index (χ0) is 11.7. The van der Waals surface area contributed by atoms with Crippen LogP contribution >= 0.6 is 0 Å². The first kappa shape index (κ1) is 10.4. The normalized spacial score (nSPS) is 10.4. The molecule has 0 saturated carbocycles. The number of aromatic nitrogens is 2. The number of halogens is 2. The van der Waals surface area contributed by atoms with Crippen molar-refractivity contribution in [3.8, 4) is 0 Å². The van der Waals surface area contributed by atoms with Crippen molar-refractivity contribution in [1.29, 1.82) is 0 Å². The monoisotopic (exact) mass is 224 g/mol. The lowest BCUT2D eigenvalue weighted by Gasteiger charge is -2.07. The molecule has 84 valence electrons. The summed E-state index contributed by atoms with van der Waals surface area (Å²) in [6.07, 6.45) is 1.70. The third-order valence-corrected chi connectivity index (χ3v) is 2.07. The quantitative estimate of drug-likeness (QED) is 0.767. The summed E-state index contributed by atoms with van der Waals surface area (Å²) in [5.74, 6) is -1.01. The van der Waals surface area contributed by atoms with Gasteiger partial charge in [-0.2, -0.15) is 5.10 Å². The van der Waals surface area contributed by atoms with Gasteiger partial charge in [0.15, 0.2) is 11.6 Å². The summed E-state index contributed by atoms with van der Waals surface area (Å²) in [4.78, 5) is 0. The second kappa shape index (κ2) is 3.80. The molecule has 0 radical (unpaired) electrons. The Bertz CT molecular complexity index is 522. The zero-order valence-corrected chi connectivity index (χ0v) is 8.54. The number of nitrogen functional groups attached to an aromatic ring is 1. The molecule has 0 amide bonds. The summed E-state index contributed by atoms with van der Waals surface area (Å²) in [5.41, 5.74) is 5.50. The highest BCUT2D eigenvalue weighted by Gasteiger charge is 2.09. The average Bonchev–Trinajstić information content (AvgIpc) is 2.60. The van der Waals surface area contributed by atoms with E-state index in [1.807, 2.05) is 0 Å². The Balaban J connectivity index is 2.34. The first-order chi connectivity index (χ1) is 7.56. The van der Waals surface area contributed by atoms with Crippen LogP contribution in [0.4, 0.5) is 26.0 Å². The molecular formula is C10H10F2N4. The predicted octanol–water partition coefficient (Wildman–Crippen LogP) is 2.02. The summed E-state index contributed by atoms with van der Waals surface area (Å²) in [7, 11) is 1.74. The molecule has 0 aliphatic heterocycles. The van der Waals surface area contributed by atoms with Gasteiger partial charge in [0, 0.05) is 25.4 Å². The molecule has 4 nitrogen and oxygen atoms in total. The van der Waals surface area contributed by atoms with Crippen LogP contribution in [0.15, 0.2) is 24.4 Å². The maximum absolute atomic E-state index is 13.1. The molecule has 1 heterocycles. The minimum Gasteiger partial charge on any atom is -0.395 e. The van der Waals surface area contributed by atoms with Crippen molar-refractivity contribution in [1.82, 2.24) is 9.78 Å². The van der Waals surface area contributed by atoms with Crippen LogP contribution in [0, 0.1) is 11.6 Å². The minimum atomic E-state index is -0.793. The van der Waals surface area contributed by atoms with Gasteiger partial charge in [-0.3, -0.25) is 4.68 Å². The highest BCUT2D eigenvalue weighted by Crippen LogP contribution is 2.25. The van der Waals surface area contributed by atoms with E-state index in [-0.39, 0.29) is 11.4 Å². The van der Waals surface area contributed by atoms with Crippen LogP contribution in [0.25, 0.3) is 0 Å². The molecule has 0 atom stereocenters. The molecule has 3 N–H and O–H groups in total. The number of rotatable bonds is 2. The fourth-order valence-electron chi connectivity index (χ4n) is 1.31. The highest BCUT2D eigenvalue weighted by molar-refractivity contribution is 5.71. The van der Waals surface area contributed by atoms with Crippen molar-refractivity contribution in [2.45, 2.75) is 0 Å². The van der Waals surface area contributed by atoms with Crippen molar-refractivity contribution in [2.24, 2.45) is 7.05 Å². The van der Waals surface area contributed by atoms with E-state index in [0.29, 0.717) is 5.82 Å². The van der Waals surface area contributed by atoms with Crippen molar-refractivity contribution in [3.05, 3.63) is 36.0 Å². The minimum absolute atomic E-state index is 0.132. The molecule has 1 aromatic carbocycles. The number of anilines is 3. The van der Waals surface area contributed by atoms with E-state index in [2.05, 4.69) is 10.4 Å². The zero-order valence-electron chi connectivity index (χ0n) is 8.54. The molecule has 1 aromatic heterocycles. The summed E-state index contributed by atoms with van der Waals surface area (Å²) >= 11 is 0. The second-order valence-electron chi connectivity index (χ2n) is 3.35. The summed E-state index contributed by atoms with van der Waals surface area (Å²) in [5, 5.41) is 6.75. The van der Waals surface area contributed by atoms with Crippen LogP contribution in [-0.2, 0) is 7.05 Å².